The minimum absolute atomic E-state index is 0.00741. The van der Waals surface area contributed by atoms with Crippen molar-refractivity contribution in [3.05, 3.63) is 42.1 Å². The zero-order chi connectivity index (χ0) is 14.1. The quantitative estimate of drug-likeness (QED) is 0.909. The normalized spacial score (nSPS) is 22.4. The largest absolute Gasteiger partial charge is 0.394 e. The predicted octanol–water partition coefficient (Wildman–Crippen LogP) is 2.08. The fraction of sp³-hybridized carbons (Fsp3) is 0.375. The van der Waals surface area contributed by atoms with E-state index < -0.39 is 0 Å². The van der Waals surface area contributed by atoms with Gasteiger partial charge in [0.25, 0.3) is 5.91 Å². The first-order valence-electron chi connectivity index (χ1n) is 6.98. The molecule has 0 radical (unpaired) electrons. The number of hydrogen-bond donors (Lipinski definition) is 1. The number of pyridine rings is 1. The van der Waals surface area contributed by atoms with Crippen molar-refractivity contribution < 1.29 is 9.90 Å². The monoisotopic (exact) mass is 270 g/mol. The summed E-state index contributed by atoms with van der Waals surface area (Å²) in [7, 11) is 0. The fourth-order valence-electron chi connectivity index (χ4n) is 2.98. The van der Waals surface area contributed by atoms with Crippen molar-refractivity contribution in [1.82, 2.24) is 9.88 Å². The highest BCUT2D eigenvalue weighted by molar-refractivity contribution is 6.06. The second kappa shape index (κ2) is 5.21. The van der Waals surface area contributed by atoms with Crippen LogP contribution >= 0.6 is 0 Å². The van der Waals surface area contributed by atoms with Crippen LogP contribution < -0.4 is 0 Å². The number of aliphatic hydroxyl groups is 1. The Kier molecular flexibility index (Phi) is 3.40. The van der Waals surface area contributed by atoms with Crippen LogP contribution in [0.3, 0.4) is 0 Å². The number of benzene rings is 1. The molecule has 4 nitrogen and oxygen atoms in total. The number of aliphatic hydroxyl groups excluding tert-OH is 1. The lowest BCUT2D eigenvalue weighted by atomic mass is 10.0. The summed E-state index contributed by atoms with van der Waals surface area (Å²) in [5, 5.41) is 10.4. The van der Waals surface area contributed by atoms with Gasteiger partial charge in [-0.2, -0.15) is 0 Å². The molecule has 20 heavy (non-hydrogen) atoms. The number of fused-ring (bicyclic) bond motifs is 1. The molecule has 1 aliphatic heterocycles. The molecule has 1 amide bonds. The van der Waals surface area contributed by atoms with Gasteiger partial charge in [0.2, 0.25) is 0 Å². The third-order valence-electron chi connectivity index (χ3n) is 4.21. The van der Waals surface area contributed by atoms with Crippen LogP contribution in [0, 0.1) is 5.92 Å². The SMILES string of the molecule is CC1CCN(C(=O)c2ccnc3ccccc23)C1CO. The summed E-state index contributed by atoms with van der Waals surface area (Å²) in [5.74, 6) is 0.337. The number of carbonyl (C=O) groups is 1. The minimum atomic E-state index is -0.0746. The summed E-state index contributed by atoms with van der Waals surface area (Å²) in [6, 6.07) is 9.34. The van der Waals surface area contributed by atoms with E-state index in [1.165, 1.54) is 0 Å². The first-order valence-corrected chi connectivity index (χ1v) is 6.98. The standard InChI is InChI=1S/C16H18N2O2/c1-11-7-9-18(15(11)10-19)16(20)13-6-8-17-14-5-3-2-4-12(13)14/h2-6,8,11,15,19H,7,9-10H2,1H3. The molecule has 1 aromatic heterocycles. The topological polar surface area (TPSA) is 53.4 Å². The number of nitrogens with zero attached hydrogens (tertiary/aromatic N) is 2. The van der Waals surface area contributed by atoms with E-state index in [9.17, 15) is 9.90 Å². The molecule has 2 atom stereocenters. The summed E-state index contributed by atoms with van der Waals surface area (Å²) < 4.78 is 0. The van der Waals surface area contributed by atoms with Crippen LogP contribution in [-0.2, 0) is 0 Å². The smallest absolute Gasteiger partial charge is 0.254 e. The van der Waals surface area contributed by atoms with Gasteiger partial charge in [-0.1, -0.05) is 25.1 Å². The summed E-state index contributed by atoms with van der Waals surface area (Å²) >= 11 is 0. The highest BCUT2D eigenvalue weighted by Gasteiger charge is 2.34. The Morgan fingerprint density at radius 2 is 2.20 bits per heavy atom. The summed E-state index contributed by atoms with van der Waals surface area (Å²) in [5.41, 5.74) is 1.49. The van der Waals surface area contributed by atoms with Gasteiger partial charge >= 0.3 is 0 Å². The maximum Gasteiger partial charge on any atom is 0.254 e. The maximum atomic E-state index is 12.8. The van der Waals surface area contributed by atoms with Crippen molar-refractivity contribution in [3.8, 4) is 0 Å². The molecule has 1 aliphatic rings. The van der Waals surface area contributed by atoms with E-state index in [4.69, 9.17) is 0 Å². The van der Waals surface area contributed by atoms with E-state index in [2.05, 4.69) is 11.9 Å². The van der Waals surface area contributed by atoms with Gasteiger partial charge in [0, 0.05) is 18.1 Å². The predicted molar refractivity (Wildman–Crippen MR) is 77.4 cm³/mol. The number of carbonyl (C=O) groups excluding carboxylic acids is 1. The first kappa shape index (κ1) is 13.1. The van der Waals surface area contributed by atoms with Gasteiger partial charge in [0.15, 0.2) is 0 Å². The summed E-state index contributed by atoms with van der Waals surface area (Å²) in [4.78, 5) is 18.8. The Hall–Kier alpha value is -1.94. The molecule has 104 valence electrons. The molecule has 1 N–H and O–H groups in total. The van der Waals surface area contributed by atoms with E-state index in [-0.39, 0.29) is 18.6 Å². The van der Waals surface area contributed by atoms with Gasteiger partial charge in [0.1, 0.15) is 0 Å². The van der Waals surface area contributed by atoms with Crippen molar-refractivity contribution >= 4 is 16.8 Å². The minimum Gasteiger partial charge on any atom is -0.394 e. The first-order chi connectivity index (χ1) is 9.72. The third kappa shape index (κ3) is 2.06. The highest BCUT2D eigenvalue weighted by atomic mass is 16.3. The number of rotatable bonds is 2. The Morgan fingerprint density at radius 3 is 3.00 bits per heavy atom. The van der Waals surface area contributed by atoms with Crippen molar-refractivity contribution in [2.24, 2.45) is 5.92 Å². The van der Waals surface area contributed by atoms with Crippen LogP contribution in [0.1, 0.15) is 23.7 Å². The molecule has 0 bridgehead atoms. The van der Waals surface area contributed by atoms with Crippen molar-refractivity contribution in [2.75, 3.05) is 13.2 Å². The van der Waals surface area contributed by atoms with Gasteiger partial charge in [-0.15, -0.1) is 0 Å². The second-order valence-corrected chi connectivity index (χ2v) is 5.39. The molecular formula is C16H18N2O2. The van der Waals surface area contributed by atoms with Gasteiger partial charge in [-0.25, -0.2) is 0 Å². The fourth-order valence-corrected chi connectivity index (χ4v) is 2.98. The molecule has 1 saturated heterocycles. The van der Waals surface area contributed by atoms with E-state index in [0.29, 0.717) is 18.0 Å². The lowest BCUT2D eigenvalue weighted by Gasteiger charge is -2.25. The van der Waals surface area contributed by atoms with Crippen molar-refractivity contribution in [1.29, 1.82) is 0 Å². The zero-order valence-corrected chi connectivity index (χ0v) is 11.5. The van der Waals surface area contributed by atoms with E-state index in [0.717, 1.165) is 17.3 Å². The second-order valence-electron chi connectivity index (χ2n) is 5.39. The van der Waals surface area contributed by atoms with Crippen LogP contribution in [0.25, 0.3) is 10.9 Å². The highest BCUT2D eigenvalue weighted by Crippen LogP contribution is 2.27. The molecular weight excluding hydrogens is 252 g/mol. The maximum absolute atomic E-state index is 12.8. The van der Waals surface area contributed by atoms with Crippen LogP contribution in [0.4, 0.5) is 0 Å². The number of para-hydroxylation sites is 1. The average Bonchev–Trinajstić information content (AvgIpc) is 2.86. The van der Waals surface area contributed by atoms with Gasteiger partial charge < -0.3 is 10.0 Å². The molecule has 1 fully saturated rings. The van der Waals surface area contributed by atoms with Crippen LogP contribution in [0.15, 0.2) is 36.5 Å². The molecule has 0 spiro atoms. The van der Waals surface area contributed by atoms with Crippen LogP contribution in [0.5, 0.6) is 0 Å². The third-order valence-corrected chi connectivity index (χ3v) is 4.21. The Labute approximate surface area is 118 Å². The molecule has 2 heterocycles. The van der Waals surface area contributed by atoms with Crippen molar-refractivity contribution in [2.45, 2.75) is 19.4 Å². The number of amides is 1. The number of likely N-dealkylation sites (tertiary alicyclic amines) is 1. The number of hydrogen-bond acceptors (Lipinski definition) is 3. The van der Waals surface area contributed by atoms with Crippen molar-refractivity contribution in [3.63, 3.8) is 0 Å². The molecule has 4 heteroatoms. The van der Waals surface area contributed by atoms with E-state index >= 15 is 0 Å². The lowest BCUT2D eigenvalue weighted by molar-refractivity contribution is 0.0650. The van der Waals surface area contributed by atoms with Crippen LogP contribution in [0.2, 0.25) is 0 Å². The lowest BCUT2D eigenvalue weighted by Crippen LogP contribution is -2.39. The Morgan fingerprint density at radius 1 is 1.40 bits per heavy atom. The van der Waals surface area contributed by atoms with E-state index in [1.54, 1.807) is 17.2 Å². The molecule has 2 unspecified atom stereocenters. The molecule has 3 rings (SSSR count). The van der Waals surface area contributed by atoms with Gasteiger partial charge in [-0.3, -0.25) is 9.78 Å². The zero-order valence-electron chi connectivity index (χ0n) is 11.5. The van der Waals surface area contributed by atoms with E-state index in [1.807, 2.05) is 24.3 Å². The van der Waals surface area contributed by atoms with Gasteiger partial charge in [-0.05, 0) is 24.5 Å². The molecule has 0 saturated carbocycles. The summed E-state index contributed by atoms with van der Waals surface area (Å²) in [6.07, 6.45) is 2.61. The molecule has 2 aromatic rings. The average molecular weight is 270 g/mol. The van der Waals surface area contributed by atoms with Crippen LogP contribution in [-0.4, -0.2) is 40.1 Å². The van der Waals surface area contributed by atoms with Gasteiger partial charge in [0.05, 0.1) is 23.7 Å². The Balaban J connectivity index is 2.01. The number of aromatic nitrogens is 1. The molecule has 1 aromatic carbocycles. The molecule has 0 aliphatic carbocycles. The Bertz CT molecular complexity index is 636. The summed E-state index contributed by atoms with van der Waals surface area (Å²) in [6.45, 7) is 2.82.